The van der Waals surface area contributed by atoms with Crippen molar-refractivity contribution in [3.8, 4) is 0 Å². The highest BCUT2D eigenvalue weighted by atomic mass is 32.1. The van der Waals surface area contributed by atoms with Gasteiger partial charge in [0.25, 0.3) is 0 Å². The molecule has 0 radical (unpaired) electrons. The molecule has 0 spiro atoms. The van der Waals surface area contributed by atoms with Crippen molar-refractivity contribution < 1.29 is 9.53 Å². The van der Waals surface area contributed by atoms with Gasteiger partial charge in [-0.15, -0.1) is 11.3 Å². The lowest BCUT2D eigenvalue weighted by molar-refractivity contribution is -0.116. The van der Waals surface area contributed by atoms with Crippen molar-refractivity contribution in [3.05, 3.63) is 35.2 Å². The average Bonchev–Trinajstić information content (AvgIpc) is 2.94. The highest BCUT2D eigenvalue weighted by molar-refractivity contribution is 7.17. The van der Waals surface area contributed by atoms with E-state index in [0.717, 1.165) is 34.7 Å². The summed E-state index contributed by atoms with van der Waals surface area (Å²) in [5.41, 5.74) is 0.745. The summed E-state index contributed by atoms with van der Waals surface area (Å²) in [6, 6.07) is 8.08. The zero-order valence-electron chi connectivity index (χ0n) is 12.4. The number of hydrogen-bond donors (Lipinski definition) is 0. The molecule has 0 N–H and O–H groups in total. The van der Waals surface area contributed by atoms with Gasteiger partial charge in [-0.05, 0) is 24.8 Å². The number of carbonyl (C=O) groups excluding carboxylic acids is 1. The minimum atomic E-state index is -0.120. The highest BCUT2D eigenvalue weighted by Gasteiger charge is 2.49. The Morgan fingerprint density at radius 1 is 1.14 bits per heavy atom. The lowest BCUT2D eigenvalue weighted by atomic mass is 9.66. The SMILES string of the molecule is O=C(OC1C2CC3CC1CN(C3)C2)c1csc2ccccc12. The summed E-state index contributed by atoms with van der Waals surface area (Å²) in [5.74, 6) is 1.83. The molecule has 4 fully saturated rings. The molecule has 6 rings (SSSR count). The molecule has 4 heterocycles. The second-order valence-electron chi connectivity index (χ2n) is 7.09. The number of piperidine rings is 3. The summed E-state index contributed by atoms with van der Waals surface area (Å²) in [7, 11) is 0. The summed E-state index contributed by atoms with van der Waals surface area (Å²) in [4.78, 5) is 15.2. The molecule has 1 saturated carbocycles. The van der Waals surface area contributed by atoms with Gasteiger partial charge in [0.15, 0.2) is 0 Å². The van der Waals surface area contributed by atoms with Gasteiger partial charge in [-0.1, -0.05) is 18.2 Å². The molecular weight excluding hydrogens is 294 g/mol. The fourth-order valence-corrected chi connectivity index (χ4v) is 5.81. The van der Waals surface area contributed by atoms with E-state index in [2.05, 4.69) is 11.0 Å². The minimum Gasteiger partial charge on any atom is -0.458 e. The van der Waals surface area contributed by atoms with Crippen LogP contribution in [0.25, 0.3) is 10.1 Å². The van der Waals surface area contributed by atoms with Gasteiger partial charge in [0.2, 0.25) is 0 Å². The number of hydrogen-bond acceptors (Lipinski definition) is 4. The van der Waals surface area contributed by atoms with E-state index in [1.54, 1.807) is 11.3 Å². The molecular formula is C18H19NO2S. The van der Waals surface area contributed by atoms with Crippen molar-refractivity contribution >= 4 is 27.4 Å². The van der Waals surface area contributed by atoms with Gasteiger partial charge in [-0.25, -0.2) is 4.79 Å². The van der Waals surface area contributed by atoms with Gasteiger partial charge in [0, 0.05) is 46.9 Å². The number of rotatable bonds is 2. The van der Waals surface area contributed by atoms with Crippen LogP contribution in [0.4, 0.5) is 0 Å². The molecule has 22 heavy (non-hydrogen) atoms. The quantitative estimate of drug-likeness (QED) is 0.796. The van der Waals surface area contributed by atoms with Crippen LogP contribution in [0.3, 0.4) is 0 Å². The first-order valence-electron chi connectivity index (χ1n) is 8.17. The van der Waals surface area contributed by atoms with Crippen molar-refractivity contribution in [1.82, 2.24) is 4.90 Å². The standard InChI is InChI=1S/C18H19NO2S/c20-18(15-10-22-16-4-2-1-3-14(15)16)21-17-12-5-11-6-13(17)9-19(7-11)8-12/h1-4,10-13,17H,5-9H2. The van der Waals surface area contributed by atoms with Crippen LogP contribution in [0.2, 0.25) is 0 Å². The van der Waals surface area contributed by atoms with E-state index in [4.69, 9.17) is 4.74 Å². The molecule has 0 amide bonds. The van der Waals surface area contributed by atoms with Crippen LogP contribution in [0.1, 0.15) is 23.2 Å². The molecule has 4 heteroatoms. The van der Waals surface area contributed by atoms with E-state index in [0.29, 0.717) is 11.8 Å². The maximum atomic E-state index is 12.7. The van der Waals surface area contributed by atoms with E-state index >= 15 is 0 Å². The Labute approximate surface area is 133 Å². The molecule has 1 aromatic carbocycles. The normalized spacial score (nSPS) is 35.9. The first-order chi connectivity index (χ1) is 10.8. The third kappa shape index (κ3) is 1.94. The summed E-state index contributed by atoms with van der Waals surface area (Å²) in [5, 5.41) is 2.98. The van der Waals surface area contributed by atoms with Gasteiger partial charge in [-0.3, -0.25) is 0 Å². The molecule has 114 valence electrons. The van der Waals surface area contributed by atoms with Crippen molar-refractivity contribution in [2.24, 2.45) is 17.8 Å². The second kappa shape index (κ2) is 4.80. The number of ether oxygens (including phenoxy) is 1. The molecule has 1 aromatic heterocycles. The van der Waals surface area contributed by atoms with Gasteiger partial charge in [-0.2, -0.15) is 0 Å². The molecule has 2 atom stereocenters. The fourth-order valence-electron chi connectivity index (χ4n) is 4.88. The largest absolute Gasteiger partial charge is 0.458 e. The average molecular weight is 313 g/mol. The molecule has 1 aliphatic carbocycles. The highest BCUT2D eigenvalue weighted by Crippen LogP contribution is 2.45. The lowest BCUT2D eigenvalue weighted by Gasteiger charge is -2.55. The molecule has 4 bridgehead atoms. The predicted molar refractivity (Wildman–Crippen MR) is 87.2 cm³/mol. The third-order valence-corrected chi connectivity index (χ3v) is 6.61. The number of benzene rings is 1. The van der Waals surface area contributed by atoms with E-state index in [9.17, 15) is 4.79 Å². The molecule has 3 nitrogen and oxygen atoms in total. The van der Waals surface area contributed by atoms with E-state index in [-0.39, 0.29) is 12.1 Å². The van der Waals surface area contributed by atoms with E-state index in [1.165, 1.54) is 19.4 Å². The van der Waals surface area contributed by atoms with Crippen LogP contribution >= 0.6 is 11.3 Å². The molecule has 2 unspecified atom stereocenters. The number of nitrogens with zero attached hydrogens (tertiary/aromatic N) is 1. The van der Waals surface area contributed by atoms with Crippen molar-refractivity contribution in [2.45, 2.75) is 18.9 Å². The molecule has 2 aromatic rings. The third-order valence-electron chi connectivity index (χ3n) is 5.65. The van der Waals surface area contributed by atoms with Gasteiger partial charge in [0.1, 0.15) is 6.10 Å². The van der Waals surface area contributed by atoms with Crippen LogP contribution in [-0.4, -0.2) is 36.6 Å². The summed E-state index contributed by atoms with van der Waals surface area (Å²) in [6.45, 7) is 3.51. The Hall–Kier alpha value is -1.39. The van der Waals surface area contributed by atoms with E-state index in [1.807, 2.05) is 23.6 Å². The van der Waals surface area contributed by atoms with Gasteiger partial charge < -0.3 is 9.64 Å². The molecule has 4 aliphatic rings. The summed E-state index contributed by atoms with van der Waals surface area (Å²) >= 11 is 1.62. The van der Waals surface area contributed by atoms with Crippen LogP contribution in [0.5, 0.6) is 0 Å². The predicted octanol–water partition coefficient (Wildman–Crippen LogP) is 3.40. The van der Waals surface area contributed by atoms with Gasteiger partial charge >= 0.3 is 5.97 Å². The van der Waals surface area contributed by atoms with E-state index < -0.39 is 0 Å². The Bertz CT molecular complexity index is 710. The second-order valence-corrected chi connectivity index (χ2v) is 8.00. The van der Waals surface area contributed by atoms with Crippen molar-refractivity contribution in [1.29, 1.82) is 0 Å². The zero-order valence-corrected chi connectivity index (χ0v) is 13.2. The lowest BCUT2D eigenvalue weighted by Crippen LogP contribution is -2.60. The Kier molecular flexibility index (Phi) is 2.86. The molecule has 3 saturated heterocycles. The van der Waals surface area contributed by atoms with Crippen molar-refractivity contribution in [3.63, 3.8) is 0 Å². The fraction of sp³-hybridized carbons (Fsp3) is 0.500. The summed E-state index contributed by atoms with van der Waals surface area (Å²) in [6.07, 6.45) is 2.63. The number of fused-ring (bicyclic) bond motifs is 1. The number of thiophene rings is 1. The first kappa shape index (κ1) is 13.1. The maximum Gasteiger partial charge on any atom is 0.339 e. The monoisotopic (exact) mass is 313 g/mol. The van der Waals surface area contributed by atoms with Crippen LogP contribution in [-0.2, 0) is 4.74 Å². The zero-order chi connectivity index (χ0) is 14.7. The Morgan fingerprint density at radius 2 is 1.91 bits per heavy atom. The first-order valence-corrected chi connectivity index (χ1v) is 9.05. The number of carbonyl (C=O) groups is 1. The Balaban J connectivity index is 1.41. The van der Waals surface area contributed by atoms with Crippen LogP contribution in [0, 0.1) is 17.8 Å². The Morgan fingerprint density at radius 3 is 2.68 bits per heavy atom. The summed E-state index contributed by atoms with van der Waals surface area (Å²) < 4.78 is 7.18. The topological polar surface area (TPSA) is 29.5 Å². The molecule has 3 aliphatic heterocycles. The smallest absolute Gasteiger partial charge is 0.339 e. The van der Waals surface area contributed by atoms with Crippen LogP contribution in [0.15, 0.2) is 29.6 Å². The maximum absolute atomic E-state index is 12.7. The number of esters is 1. The minimum absolute atomic E-state index is 0.120. The van der Waals surface area contributed by atoms with Crippen LogP contribution < -0.4 is 0 Å². The van der Waals surface area contributed by atoms with Gasteiger partial charge in [0.05, 0.1) is 5.56 Å². The van der Waals surface area contributed by atoms with Crippen molar-refractivity contribution in [2.75, 3.05) is 19.6 Å².